The third-order valence-electron chi connectivity index (χ3n) is 7.23. The van der Waals surface area contributed by atoms with Crippen LogP contribution in [-0.2, 0) is 0 Å². The molecule has 0 heterocycles. The van der Waals surface area contributed by atoms with Crippen LogP contribution < -0.4 is 0 Å². The van der Waals surface area contributed by atoms with Gasteiger partial charge in [-0.1, -0.05) is 63.4 Å². The van der Waals surface area contributed by atoms with Crippen molar-refractivity contribution in [3.8, 4) is 11.8 Å². The van der Waals surface area contributed by atoms with Gasteiger partial charge in [-0.2, -0.15) is 0 Å². The molecule has 2 saturated carbocycles. The molecule has 2 fully saturated rings. The fourth-order valence-corrected chi connectivity index (χ4v) is 5.29. The molecule has 1 aromatic rings. The minimum Gasteiger partial charge on any atom is -0.203 e. The molecule has 154 valence electrons. The van der Waals surface area contributed by atoms with Gasteiger partial charge >= 0.3 is 0 Å². The monoisotopic (exact) mass is 386 g/mol. The van der Waals surface area contributed by atoms with E-state index in [9.17, 15) is 8.78 Å². The molecule has 0 unspecified atom stereocenters. The third-order valence-corrected chi connectivity index (χ3v) is 7.23. The van der Waals surface area contributed by atoms with Gasteiger partial charge < -0.3 is 0 Å². The summed E-state index contributed by atoms with van der Waals surface area (Å²) < 4.78 is 27.7. The number of rotatable bonds is 5. The van der Waals surface area contributed by atoms with E-state index in [4.69, 9.17) is 0 Å². The first-order chi connectivity index (χ1) is 13.6. The van der Waals surface area contributed by atoms with Crippen LogP contribution in [0.15, 0.2) is 12.1 Å². The Balaban J connectivity index is 1.44. The molecule has 0 amide bonds. The molecule has 0 aliphatic heterocycles. The highest BCUT2D eigenvalue weighted by molar-refractivity contribution is 5.38. The number of halogens is 2. The zero-order valence-electron chi connectivity index (χ0n) is 17.7. The topological polar surface area (TPSA) is 0 Å². The van der Waals surface area contributed by atoms with Crippen molar-refractivity contribution in [3.63, 3.8) is 0 Å². The second-order valence-corrected chi connectivity index (χ2v) is 9.22. The summed E-state index contributed by atoms with van der Waals surface area (Å²) in [5, 5.41) is 0. The molecule has 0 N–H and O–H groups in total. The number of hydrogen-bond acceptors (Lipinski definition) is 0. The Kier molecular flexibility index (Phi) is 7.95. The summed E-state index contributed by atoms with van der Waals surface area (Å²) in [4.78, 5) is 0. The molecule has 0 spiro atoms. The summed E-state index contributed by atoms with van der Waals surface area (Å²) in [7, 11) is 0. The second-order valence-electron chi connectivity index (χ2n) is 9.22. The summed E-state index contributed by atoms with van der Waals surface area (Å²) in [6.45, 7) is 3.86. The molecule has 0 bridgehead atoms. The molecular weight excluding hydrogens is 350 g/mol. The number of aryl methyl sites for hydroxylation is 1. The van der Waals surface area contributed by atoms with Crippen LogP contribution in [0.3, 0.4) is 0 Å². The highest BCUT2D eigenvalue weighted by atomic mass is 19.2. The van der Waals surface area contributed by atoms with E-state index in [0.717, 1.165) is 30.6 Å². The lowest BCUT2D eigenvalue weighted by Crippen LogP contribution is -2.25. The predicted octanol–water partition coefficient (Wildman–Crippen LogP) is 7.82. The first-order valence-electron chi connectivity index (χ1n) is 11.5. The van der Waals surface area contributed by atoms with Crippen LogP contribution in [-0.4, -0.2) is 0 Å². The molecule has 2 heteroatoms. The lowest BCUT2D eigenvalue weighted by atomic mass is 9.69. The standard InChI is InChI=1S/C26H36F2/c1-3-4-5-6-20-8-14-22(15-9-20)23-16-10-21(11-17-23)12-18-24-13-7-19(2)25(27)26(24)28/h7,13,20-23H,3-6,8-11,14-17H2,1-2H3/t20-,21-,22-,23-. The van der Waals surface area contributed by atoms with E-state index in [1.165, 1.54) is 64.2 Å². The van der Waals surface area contributed by atoms with Crippen molar-refractivity contribution in [3.05, 3.63) is 34.9 Å². The number of hydrogen-bond donors (Lipinski definition) is 0. The third kappa shape index (κ3) is 5.59. The maximum Gasteiger partial charge on any atom is 0.174 e. The molecular formula is C26H36F2. The van der Waals surface area contributed by atoms with Gasteiger partial charge in [0, 0.05) is 5.92 Å². The average molecular weight is 387 g/mol. The highest BCUT2D eigenvalue weighted by Crippen LogP contribution is 2.42. The molecule has 2 aliphatic rings. The van der Waals surface area contributed by atoms with Gasteiger partial charge in [0.1, 0.15) is 0 Å². The zero-order valence-corrected chi connectivity index (χ0v) is 17.7. The Morgan fingerprint density at radius 3 is 2.14 bits per heavy atom. The van der Waals surface area contributed by atoms with Crippen LogP contribution in [0.1, 0.15) is 95.1 Å². The van der Waals surface area contributed by atoms with Crippen LogP contribution in [0.2, 0.25) is 0 Å². The van der Waals surface area contributed by atoms with Gasteiger partial charge in [0.25, 0.3) is 0 Å². The molecule has 2 aliphatic carbocycles. The molecule has 0 aromatic heterocycles. The minimum absolute atomic E-state index is 0.201. The molecule has 0 radical (unpaired) electrons. The maximum atomic E-state index is 14.0. The SMILES string of the molecule is CCCCC[C@H]1CC[C@H]([C@H]2CC[C@H](C#Cc3ccc(C)c(F)c3F)CC2)CC1. The summed E-state index contributed by atoms with van der Waals surface area (Å²) in [6.07, 6.45) is 16.0. The van der Waals surface area contributed by atoms with Crippen molar-refractivity contribution in [2.24, 2.45) is 23.7 Å². The lowest BCUT2D eigenvalue weighted by Gasteiger charge is -2.37. The van der Waals surface area contributed by atoms with Crippen molar-refractivity contribution < 1.29 is 8.78 Å². The fourth-order valence-electron chi connectivity index (χ4n) is 5.29. The molecule has 28 heavy (non-hydrogen) atoms. The highest BCUT2D eigenvalue weighted by Gasteiger charge is 2.30. The van der Waals surface area contributed by atoms with E-state index in [0.29, 0.717) is 11.5 Å². The van der Waals surface area contributed by atoms with Crippen LogP contribution in [0.5, 0.6) is 0 Å². The van der Waals surface area contributed by atoms with E-state index in [1.54, 1.807) is 19.1 Å². The van der Waals surface area contributed by atoms with Crippen molar-refractivity contribution in [1.82, 2.24) is 0 Å². The van der Waals surface area contributed by atoms with Gasteiger partial charge in [-0.25, -0.2) is 8.78 Å². The largest absolute Gasteiger partial charge is 0.203 e. The molecule has 1 aromatic carbocycles. The molecule has 3 rings (SSSR count). The van der Waals surface area contributed by atoms with E-state index in [-0.39, 0.29) is 5.56 Å². The number of benzene rings is 1. The first-order valence-corrected chi connectivity index (χ1v) is 11.5. The van der Waals surface area contributed by atoms with E-state index < -0.39 is 11.6 Å². The van der Waals surface area contributed by atoms with Crippen LogP contribution in [0.25, 0.3) is 0 Å². The van der Waals surface area contributed by atoms with Crippen LogP contribution >= 0.6 is 0 Å². The average Bonchev–Trinajstić information content (AvgIpc) is 2.73. The molecule has 0 nitrogen and oxygen atoms in total. The summed E-state index contributed by atoms with van der Waals surface area (Å²) in [5.74, 6) is 7.68. The van der Waals surface area contributed by atoms with Crippen LogP contribution in [0.4, 0.5) is 8.78 Å². The van der Waals surface area contributed by atoms with Gasteiger partial charge in [-0.3, -0.25) is 0 Å². The fraction of sp³-hybridized carbons (Fsp3) is 0.692. The summed E-state index contributed by atoms with van der Waals surface area (Å²) >= 11 is 0. The Bertz CT molecular complexity index is 680. The normalized spacial score (nSPS) is 27.9. The first kappa shape index (κ1) is 21.4. The van der Waals surface area contributed by atoms with Crippen LogP contribution in [0, 0.1) is 54.1 Å². The van der Waals surface area contributed by atoms with E-state index in [1.807, 2.05) is 0 Å². The van der Waals surface area contributed by atoms with Crippen molar-refractivity contribution in [2.45, 2.75) is 90.9 Å². The van der Waals surface area contributed by atoms with Gasteiger partial charge in [0.05, 0.1) is 5.56 Å². The van der Waals surface area contributed by atoms with Gasteiger partial charge in [-0.05, 0) is 74.8 Å². The van der Waals surface area contributed by atoms with Crippen molar-refractivity contribution >= 4 is 0 Å². The van der Waals surface area contributed by atoms with Gasteiger partial charge in [-0.15, -0.1) is 0 Å². The Labute approximate surface area is 170 Å². The van der Waals surface area contributed by atoms with Gasteiger partial charge in [0.15, 0.2) is 11.6 Å². The summed E-state index contributed by atoms with van der Waals surface area (Å²) in [6, 6.07) is 3.21. The Morgan fingerprint density at radius 2 is 1.50 bits per heavy atom. The second kappa shape index (κ2) is 10.4. The Morgan fingerprint density at radius 1 is 0.857 bits per heavy atom. The van der Waals surface area contributed by atoms with E-state index in [2.05, 4.69) is 18.8 Å². The molecule has 0 saturated heterocycles. The summed E-state index contributed by atoms with van der Waals surface area (Å²) in [5.41, 5.74) is 0.537. The predicted molar refractivity (Wildman–Crippen MR) is 113 cm³/mol. The number of unbranched alkanes of at least 4 members (excludes halogenated alkanes) is 2. The van der Waals surface area contributed by atoms with E-state index >= 15 is 0 Å². The van der Waals surface area contributed by atoms with Crippen molar-refractivity contribution in [2.75, 3.05) is 0 Å². The van der Waals surface area contributed by atoms with Gasteiger partial charge in [0.2, 0.25) is 0 Å². The lowest BCUT2D eigenvalue weighted by molar-refractivity contribution is 0.153. The minimum atomic E-state index is -0.795. The Hall–Kier alpha value is -1.36. The zero-order chi connectivity index (χ0) is 19.9. The quantitative estimate of drug-likeness (QED) is 0.357. The molecule has 0 atom stereocenters. The smallest absolute Gasteiger partial charge is 0.174 e. The maximum absolute atomic E-state index is 14.0. The van der Waals surface area contributed by atoms with Crippen molar-refractivity contribution in [1.29, 1.82) is 0 Å².